The largest absolute Gasteiger partial charge is 0.354 e. The first-order valence-electron chi connectivity index (χ1n) is 3.41. The zero-order valence-corrected chi connectivity index (χ0v) is 6.97. The average Bonchev–Trinajstić information content (AvgIpc) is 2.01. The Morgan fingerprint density at radius 2 is 2.36 bits per heavy atom. The fourth-order valence-electron chi connectivity index (χ4n) is 0.598. The zero-order valence-electron chi connectivity index (χ0n) is 6.21. The van der Waals surface area contributed by atoms with Crippen molar-refractivity contribution in [3.63, 3.8) is 0 Å². The molecule has 0 spiro atoms. The summed E-state index contributed by atoms with van der Waals surface area (Å²) >= 11 is 5.52. The summed E-state index contributed by atoms with van der Waals surface area (Å²) in [6.07, 6.45) is 2.41. The number of hydrogen-bond acceptors (Lipinski definition) is 4. The summed E-state index contributed by atoms with van der Waals surface area (Å²) in [6, 6.07) is 0. The number of nitrogens with zero attached hydrogens (tertiary/aromatic N) is 3. The fourth-order valence-corrected chi connectivity index (χ4v) is 0.722. The van der Waals surface area contributed by atoms with E-state index in [1.807, 2.05) is 0 Å². The molecule has 1 aromatic heterocycles. The Morgan fingerprint density at radius 3 is 3.00 bits per heavy atom. The van der Waals surface area contributed by atoms with E-state index in [0.717, 1.165) is 13.0 Å². The van der Waals surface area contributed by atoms with Gasteiger partial charge in [0, 0.05) is 6.54 Å². The molecule has 5 heteroatoms. The third-order valence-corrected chi connectivity index (χ3v) is 1.26. The van der Waals surface area contributed by atoms with E-state index in [0.29, 0.717) is 5.95 Å². The predicted octanol–water partition coefficient (Wildman–Crippen LogP) is 1.35. The maximum absolute atomic E-state index is 5.52. The van der Waals surface area contributed by atoms with Gasteiger partial charge in [-0.3, -0.25) is 0 Å². The van der Waals surface area contributed by atoms with Gasteiger partial charge in [0.05, 0.1) is 0 Å². The van der Waals surface area contributed by atoms with Crippen molar-refractivity contribution >= 4 is 17.5 Å². The lowest BCUT2D eigenvalue weighted by Gasteiger charge is -1.99. The van der Waals surface area contributed by atoms with Crippen LogP contribution in [-0.4, -0.2) is 21.5 Å². The summed E-state index contributed by atoms with van der Waals surface area (Å²) in [5, 5.41) is 3.21. The number of aromatic nitrogens is 3. The number of rotatable bonds is 3. The Hall–Kier alpha value is -0.900. The smallest absolute Gasteiger partial charge is 0.227 e. The van der Waals surface area contributed by atoms with Crippen molar-refractivity contribution in [3.8, 4) is 0 Å². The molecule has 0 saturated carbocycles. The van der Waals surface area contributed by atoms with Crippen molar-refractivity contribution in [1.82, 2.24) is 15.0 Å². The van der Waals surface area contributed by atoms with Gasteiger partial charge in [0.25, 0.3) is 0 Å². The third-order valence-electron chi connectivity index (χ3n) is 1.08. The molecule has 0 saturated heterocycles. The minimum absolute atomic E-state index is 0.221. The van der Waals surface area contributed by atoms with Crippen molar-refractivity contribution in [2.24, 2.45) is 0 Å². The van der Waals surface area contributed by atoms with E-state index in [9.17, 15) is 0 Å². The van der Waals surface area contributed by atoms with Crippen molar-refractivity contribution in [2.75, 3.05) is 11.9 Å². The van der Waals surface area contributed by atoms with Crippen LogP contribution in [0, 0.1) is 0 Å². The lowest BCUT2D eigenvalue weighted by atomic mass is 10.5. The van der Waals surface area contributed by atoms with E-state index >= 15 is 0 Å². The van der Waals surface area contributed by atoms with Gasteiger partial charge in [-0.1, -0.05) is 6.92 Å². The summed E-state index contributed by atoms with van der Waals surface area (Å²) in [4.78, 5) is 11.4. The third kappa shape index (κ3) is 2.67. The van der Waals surface area contributed by atoms with Gasteiger partial charge in [0.2, 0.25) is 11.2 Å². The van der Waals surface area contributed by atoms with Crippen LogP contribution in [-0.2, 0) is 0 Å². The van der Waals surface area contributed by atoms with Crippen molar-refractivity contribution in [1.29, 1.82) is 0 Å². The Bertz CT molecular complexity index is 228. The standard InChI is InChI=1S/C6H9ClN4/c1-2-3-8-6-10-4-9-5(7)11-6/h4H,2-3H2,1H3,(H,8,9,10,11). The molecule has 1 heterocycles. The van der Waals surface area contributed by atoms with Gasteiger partial charge in [-0.05, 0) is 18.0 Å². The molecule has 60 valence electrons. The van der Waals surface area contributed by atoms with Crippen LogP contribution in [0.25, 0.3) is 0 Å². The highest BCUT2D eigenvalue weighted by molar-refractivity contribution is 6.28. The minimum atomic E-state index is 0.221. The first-order valence-corrected chi connectivity index (χ1v) is 3.79. The highest BCUT2D eigenvalue weighted by atomic mass is 35.5. The van der Waals surface area contributed by atoms with Crippen LogP contribution in [0.1, 0.15) is 13.3 Å². The van der Waals surface area contributed by atoms with Crippen LogP contribution in [0.15, 0.2) is 6.33 Å². The van der Waals surface area contributed by atoms with Gasteiger partial charge >= 0.3 is 0 Å². The van der Waals surface area contributed by atoms with Gasteiger partial charge in [-0.2, -0.15) is 4.98 Å². The molecule has 0 radical (unpaired) electrons. The molecule has 0 unspecified atom stereocenters. The Balaban J connectivity index is 2.56. The molecule has 0 aromatic carbocycles. The molecule has 0 amide bonds. The average molecular weight is 173 g/mol. The Labute approximate surface area is 70.0 Å². The van der Waals surface area contributed by atoms with Crippen molar-refractivity contribution < 1.29 is 0 Å². The number of nitrogens with one attached hydrogen (secondary N) is 1. The van der Waals surface area contributed by atoms with Crippen molar-refractivity contribution in [2.45, 2.75) is 13.3 Å². The number of halogens is 1. The second-order valence-corrected chi connectivity index (χ2v) is 2.34. The zero-order chi connectivity index (χ0) is 8.10. The van der Waals surface area contributed by atoms with Gasteiger partial charge in [0.1, 0.15) is 6.33 Å². The van der Waals surface area contributed by atoms with Gasteiger partial charge < -0.3 is 5.32 Å². The lowest BCUT2D eigenvalue weighted by molar-refractivity contribution is 0.938. The second-order valence-electron chi connectivity index (χ2n) is 2.00. The summed E-state index contributed by atoms with van der Waals surface area (Å²) in [5.74, 6) is 0.534. The van der Waals surface area contributed by atoms with Gasteiger partial charge in [-0.25, -0.2) is 9.97 Å². The van der Waals surface area contributed by atoms with E-state index in [-0.39, 0.29) is 5.28 Å². The van der Waals surface area contributed by atoms with Crippen LogP contribution in [0.4, 0.5) is 5.95 Å². The summed E-state index contributed by atoms with van der Waals surface area (Å²) < 4.78 is 0. The molecule has 0 aliphatic rings. The number of anilines is 1. The monoisotopic (exact) mass is 172 g/mol. The second kappa shape index (κ2) is 4.08. The van der Waals surface area contributed by atoms with Crippen LogP contribution in [0.3, 0.4) is 0 Å². The minimum Gasteiger partial charge on any atom is -0.354 e. The van der Waals surface area contributed by atoms with Crippen LogP contribution >= 0.6 is 11.6 Å². The molecule has 0 aliphatic heterocycles. The molecule has 4 nitrogen and oxygen atoms in total. The Kier molecular flexibility index (Phi) is 3.04. The molecule has 1 rings (SSSR count). The van der Waals surface area contributed by atoms with Crippen LogP contribution in [0.2, 0.25) is 5.28 Å². The summed E-state index contributed by atoms with van der Waals surface area (Å²) in [7, 11) is 0. The molecule has 1 aromatic rings. The molecular weight excluding hydrogens is 164 g/mol. The predicted molar refractivity (Wildman–Crippen MR) is 43.6 cm³/mol. The van der Waals surface area contributed by atoms with E-state index in [2.05, 4.69) is 27.2 Å². The maximum atomic E-state index is 5.52. The fraction of sp³-hybridized carbons (Fsp3) is 0.500. The van der Waals surface area contributed by atoms with E-state index in [4.69, 9.17) is 11.6 Å². The first-order chi connectivity index (χ1) is 5.33. The van der Waals surface area contributed by atoms with E-state index < -0.39 is 0 Å². The van der Waals surface area contributed by atoms with Gasteiger partial charge in [-0.15, -0.1) is 0 Å². The highest BCUT2D eigenvalue weighted by Crippen LogP contribution is 2.01. The lowest BCUT2D eigenvalue weighted by Crippen LogP contribution is -2.04. The molecule has 0 fully saturated rings. The van der Waals surface area contributed by atoms with Gasteiger partial charge in [0.15, 0.2) is 0 Å². The Morgan fingerprint density at radius 1 is 1.55 bits per heavy atom. The quantitative estimate of drug-likeness (QED) is 0.748. The maximum Gasteiger partial charge on any atom is 0.227 e. The molecule has 1 N–H and O–H groups in total. The van der Waals surface area contributed by atoms with Crippen molar-refractivity contribution in [3.05, 3.63) is 11.6 Å². The van der Waals surface area contributed by atoms with E-state index in [1.165, 1.54) is 6.33 Å². The van der Waals surface area contributed by atoms with Crippen LogP contribution < -0.4 is 5.32 Å². The molecule has 11 heavy (non-hydrogen) atoms. The summed E-state index contributed by atoms with van der Waals surface area (Å²) in [6.45, 7) is 2.91. The molecular formula is C6H9ClN4. The molecule has 0 aliphatic carbocycles. The topological polar surface area (TPSA) is 50.7 Å². The first kappa shape index (κ1) is 8.20. The molecule has 0 atom stereocenters. The number of hydrogen-bond donors (Lipinski definition) is 1. The highest BCUT2D eigenvalue weighted by Gasteiger charge is 1.94. The SMILES string of the molecule is CCCNc1ncnc(Cl)n1. The normalized spacial score (nSPS) is 9.64. The van der Waals surface area contributed by atoms with E-state index in [1.54, 1.807) is 0 Å². The summed E-state index contributed by atoms with van der Waals surface area (Å²) in [5.41, 5.74) is 0. The van der Waals surface area contributed by atoms with Crippen LogP contribution in [0.5, 0.6) is 0 Å². The molecule has 0 bridgehead atoms.